The number of rotatable bonds is 5. The smallest absolute Gasteiger partial charge is 0.0285 e. The molecule has 2 N–H and O–H groups in total. The van der Waals surface area contributed by atoms with Crippen molar-refractivity contribution in [3.05, 3.63) is 20.8 Å². The van der Waals surface area contributed by atoms with Crippen molar-refractivity contribution in [3.8, 4) is 0 Å². The van der Waals surface area contributed by atoms with E-state index in [2.05, 4.69) is 34.3 Å². The summed E-state index contributed by atoms with van der Waals surface area (Å²) in [5, 5.41) is 2.15. The average Bonchev–Trinajstić information content (AvgIpc) is 2.76. The first kappa shape index (κ1) is 14.5. The molecule has 0 aliphatic heterocycles. The Morgan fingerprint density at radius 2 is 2.11 bits per heavy atom. The molecule has 0 bridgehead atoms. The highest BCUT2D eigenvalue weighted by Gasteiger charge is 2.25. The summed E-state index contributed by atoms with van der Waals surface area (Å²) >= 11 is 5.34. The Balaban J connectivity index is 1.78. The van der Waals surface area contributed by atoms with Gasteiger partial charge in [0.1, 0.15) is 0 Å². The minimum Gasteiger partial charge on any atom is -0.327 e. The van der Waals surface area contributed by atoms with Gasteiger partial charge in [-0.15, -0.1) is 11.3 Å². The molecule has 1 fully saturated rings. The predicted octanol–water partition coefficient (Wildman–Crippen LogP) is 4.99. The van der Waals surface area contributed by atoms with Crippen LogP contribution >= 0.6 is 27.3 Å². The van der Waals surface area contributed by atoms with Gasteiger partial charge in [-0.05, 0) is 53.1 Å². The molecule has 1 heterocycles. The molecule has 0 radical (unpaired) electrons. The van der Waals surface area contributed by atoms with Gasteiger partial charge in [0.25, 0.3) is 0 Å². The number of hydrogen-bond donors (Lipinski definition) is 1. The second-order valence-corrected chi connectivity index (χ2v) is 7.58. The van der Waals surface area contributed by atoms with E-state index in [0.29, 0.717) is 6.04 Å². The SMILES string of the molecule is CCCC1CCC(C(N)Cc2cc(Br)cs2)CC1. The first-order valence-electron chi connectivity index (χ1n) is 7.17. The monoisotopic (exact) mass is 329 g/mol. The molecule has 18 heavy (non-hydrogen) atoms. The Hall–Kier alpha value is 0.140. The van der Waals surface area contributed by atoms with Crippen molar-refractivity contribution in [2.75, 3.05) is 0 Å². The molecule has 1 aromatic rings. The van der Waals surface area contributed by atoms with Crippen molar-refractivity contribution in [1.82, 2.24) is 0 Å². The average molecular weight is 330 g/mol. The van der Waals surface area contributed by atoms with Gasteiger partial charge in [0, 0.05) is 20.8 Å². The van der Waals surface area contributed by atoms with E-state index in [-0.39, 0.29) is 0 Å². The summed E-state index contributed by atoms with van der Waals surface area (Å²) in [5.74, 6) is 1.73. The van der Waals surface area contributed by atoms with Gasteiger partial charge in [0.15, 0.2) is 0 Å². The Morgan fingerprint density at radius 3 is 2.67 bits per heavy atom. The van der Waals surface area contributed by atoms with E-state index in [1.54, 1.807) is 0 Å². The molecule has 0 saturated heterocycles. The molecule has 1 atom stereocenters. The fourth-order valence-corrected chi connectivity index (χ4v) is 4.70. The highest BCUT2D eigenvalue weighted by molar-refractivity contribution is 9.10. The van der Waals surface area contributed by atoms with Crippen molar-refractivity contribution in [2.24, 2.45) is 17.6 Å². The van der Waals surface area contributed by atoms with Gasteiger partial charge in [-0.25, -0.2) is 0 Å². The van der Waals surface area contributed by atoms with Crippen LogP contribution in [0.25, 0.3) is 0 Å². The standard InChI is InChI=1S/C15H24BrNS/c1-2-3-11-4-6-12(7-5-11)15(17)9-14-8-13(16)10-18-14/h8,10-12,15H,2-7,9,17H2,1H3. The molecular formula is C15H24BrNS. The van der Waals surface area contributed by atoms with Gasteiger partial charge in [0.2, 0.25) is 0 Å². The lowest BCUT2D eigenvalue weighted by Gasteiger charge is -2.32. The maximum atomic E-state index is 6.40. The molecule has 3 heteroatoms. The molecule has 1 aromatic heterocycles. The van der Waals surface area contributed by atoms with Gasteiger partial charge in [0.05, 0.1) is 0 Å². The lowest BCUT2D eigenvalue weighted by atomic mass is 9.76. The van der Waals surface area contributed by atoms with Gasteiger partial charge >= 0.3 is 0 Å². The zero-order valence-electron chi connectivity index (χ0n) is 11.2. The molecule has 1 aliphatic carbocycles. The Kier molecular flexibility index (Phi) is 5.71. The molecule has 0 amide bonds. The van der Waals surface area contributed by atoms with Crippen LogP contribution in [0.1, 0.15) is 50.3 Å². The lowest BCUT2D eigenvalue weighted by molar-refractivity contribution is 0.233. The van der Waals surface area contributed by atoms with Gasteiger partial charge < -0.3 is 5.73 Å². The highest BCUT2D eigenvalue weighted by atomic mass is 79.9. The minimum atomic E-state index is 0.359. The molecular weight excluding hydrogens is 306 g/mol. The number of nitrogens with two attached hydrogens (primary N) is 1. The number of halogens is 1. The second-order valence-electron chi connectivity index (χ2n) is 5.67. The summed E-state index contributed by atoms with van der Waals surface area (Å²) < 4.78 is 1.20. The molecule has 0 spiro atoms. The predicted molar refractivity (Wildman–Crippen MR) is 84.1 cm³/mol. The molecule has 1 aliphatic rings. The first-order valence-corrected chi connectivity index (χ1v) is 8.84. The molecule has 0 aromatic carbocycles. The van der Waals surface area contributed by atoms with Gasteiger partial charge in [-0.2, -0.15) is 0 Å². The maximum Gasteiger partial charge on any atom is 0.0285 e. The fourth-order valence-electron chi connectivity index (χ4n) is 3.17. The van der Waals surface area contributed by atoms with Crippen molar-refractivity contribution in [2.45, 2.75) is 57.9 Å². The Labute approximate surface area is 123 Å². The quantitative estimate of drug-likeness (QED) is 0.809. The highest BCUT2D eigenvalue weighted by Crippen LogP contribution is 2.34. The third kappa shape index (κ3) is 4.07. The van der Waals surface area contributed by atoms with Crippen molar-refractivity contribution in [3.63, 3.8) is 0 Å². The van der Waals surface area contributed by atoms with Crippen LogP contribution in [0.4, 0.5) is 0 Å². The summed E-state index contributed by atoms with van der Waals surface area (Å²) in [6, 6.07) is 2.57. The van der Waals surface area contributed by atoms with Crippen molar-refractivity contribution in [1.29, 1.82) is 0 Å². The molecule has 1 nitrogen and oxygen atoms in total. The van der Waals surface area contributed by atoms with E-state index in [9.17, 15) is 0 Å². The topological polar surface area (TPSA) is 26.0 Å². The zero-order chi connectivity index (χ0) is 13.0. The van der Waals surface area contributed by atoms with E-state index in [1.807, 2.05) is 11.3 Å². The fraction of sp³-hybridized carbons (Fsp3) is 0.733. The van der Waals surface area contributed by atoms with E-state index >= 15 is 0 Å². The van der Waals surface area contributed by atoms with E-state index in [0.717, 1.165) is 18.3 Å². The third-order valence-electron chi connectivity index (χ3n) is 4.25. The molecule has 1 saturated carbocycles. The summed E-state index contributed by atoms with van der Waals surface area (Å²) in [5.41, 5.74) is 6.40. The minimum absolute atomic E-state index is 0.359. The van der Waals surface area contributed by atoms with Crippen molar-refractivity contribution >= 4 is 27.3 Å². The largest absolute Gasteiger partial charge is 0.327 e. The van der Waals surface area contributed by atoms with Gasteiger partial charge in [-0.1, -0.05) is 32.6 Å². The van der Waals surface area contributed by atoms with E-state index < -0.39 is 0 Å². The summed E-state index contributed by atoms with van der Waals surface area (Å²) in [6.07, 6.45) is 9.31. The first-order chi connectivity index (χ1) is 8.69. The van der Waals surface area contributed by atoms with Crippen LogP contribution in [-0.4, -0.2) is 6.04 Å². The normalized spacial score (nSPS) is 26.2. The number of hydrogen-bond acceptors (Lipinski definition) is 2. The lowest BCUT2D eigenvalue weighted by Crippen LogP contribution is -2.34. The summed E-state index contributed by atoms with van der Waals surface area (Å²) in [7, 11) is 0. The van der Waals surface area contributed by atoms with Crippen molar-refractivity contribution < 1.29 is 0 Å². The van der Waals surface area contributed by atoms with Crippen LogP contribution in [0.2, 0.25) is 0 Å². The summed E-state index contributed by atoms with van der Waals surface area (Å²) in [6.45, 7) is 2.30. The zero-order valence-corrected chi connectivity index (χ0v) is 13.6. The van der Waals surface area contributed by atoms with Crippen LogP contribution in [0.3, 0.4) is 0 Å². The molecule has 2 rings (SSSR count). The van der Waals surface area contributed by atoms with Crippen LogP contribution in [0, 0.1) is 11.8 Å². The Bertz CT molecular complexity index is 355. The Morgan fingerprint density at radius 1 is 1.39 bits per heavy atom. The molecule has 102 valence electrons. The number of thiophene rings is 1. The van der Waals surface area contributed by atoms with Gasteiger partial charge in [-0.3, -0.25) is 0 Å². The maximum absolute atomic E-state index is 6.40. The summed E-state index contributed by atoms with van der Waals surface area (Å²) in [4.78, 5) is 1.42. The van der Waals surface area contributed by atoms with E-state index in [1.165, 1.54) is 47.9 Å². The van der Waals surface area contributed by atoms with Crippen LogP contribution in [0.5, 0.6) is 0 Å². The molecule has 1 unspecified atom stereocenters. The second kappa shape index (κ2) is 7.06. The third-order valence-corrected chi connectivity index (χ3v) is 5.97. The van der Waals surface area contributed by atoms with E-state index in [4.69, 9.17) is 5.73 Å². The van der Waals surface area contributed by atoms with Crippen LogP contribution in [0.15, 0.2) is 15.9 Å². The van der Waals surface area contributed by atoms with Crippen LogP contribution < -0.4 is 5.73 Å². The van der Waals surface area contributed by atoms with Crippen LogP contribution in [-0.2, 0) is 6.42 Å².